The number of pyridine rings is 1. The van der Waals surface area contributed by atoms with Gasteiger partial charge in [0.05, 0.1) is 0 Å². The number of nitrogens with zero attached hydrogens (tertiary/aromatic N) is 2. The van der Waals surface area contributed by atoms with Gasteiger partial charge in [-0.3, -0.25) is 14.3 Å². The first-order valence-corrected chi connectivity index (χ1v) is 6.44. The van der Waals surface area contributed by atoms with Crippen LogP contribution in [0.2, 0.25) is 0 Å². The van der Waals surface area contributed by atoms with Gasteiger partial charge in [0.1, 0.15) is 6.17 Å². The molecule has 0 aromatic carbocycles. The SMILES string of the molecule is O=C1c2c(O)c(=O)ccn2NC2CSCCN12. The molecule has 0 bridgehead atoms. The minimum absolute atomic E-state index is 0.0284. The Kier molecular flexibility index (Phi) is 2.29. The van der Waals surface area contributed by atoms with Crippen LogP contribution in [0.5, 0.6) is 5.75 Å². The molecule has 0 aliphatic carbocycles. The summed E-state index contributed by atoms with van der Waals surface area (Å²) in [5, 5.41) is 9.68. The van der Waals surface area contributed by atoms with E-state index in [0.717, 1.165) is 11.5 Å². The molecule has 7 heteroatoms. The smallest absolute Gasteiger partial charge is 0.278 e. The van der Waals surface area contributed by atoms with Crippen molar-refractivity contribution in [3.8, 4) is 5.75 Å². The number of nitrogens with one attached hydrogen (secondary N) is 1. The zero-order valence-corrected chi connectivity index (χ0v) is 9.74. The normalized spacial score (nSPS) is 22.7. The fraction of sp³-hybridized carbons (Fsp3) is 0.400. The molecule has 1 unspecified atom stereocenters. The molecule has 3 heterocycles. The van der Waals surface area contributed by atoms with Crippen LogP contribution in [-0.4, -0.2) is 44.8 Å². The van der Waals surface area contributed by atoms with Crippen molar-refractivity contribution in [2.75, 3.05) is 23.5 Å². The van der Waals surface area contributed by atoms with E-state index in [1.165, 1.54) is 16.9 Å². The van der Waals surface area contributed by atoms with Gasteiger partial charge in [-0.15, -0.1) is 0 Å². The molecule has 0 radical (unpaired) electrons. The fourth-order valence-electron chi connectivity index (χ4n) is 2.09. The summed E-state index contributed by atoms with van der Waals surface area (Å²) in [6, 6.07) is 1.24. The van der Waals surface area contributed by atoms with E-state index in [2.05, 4.69) is 5.43 Å². The highest BCUT2D eigenvalue weighted by Gasteiger charge is 2.35. The molecule has 1 atom stereocenters. The molecule has 1 aromatic rings. The summed E-state index contributed by atoms with van der Waals surface area (Å²) in [6.45, 7) is 0.629. The number of fused-ring (bicyclic) bond motifs is 2. The molecule has 2 N–H and O–H groups in total. The average molecular weight is 253 g/mol. The second-order valence-electron chi connectivity index (χ2n) is 3.97. The molecule has 1 aromatic heterocycles. The van der Waals surface area contributed by atoms with Crippen molar-refractivity contribution in [2.24, 2.45) is 0 Å². The molecule has 1 amide bonds. The van der Waals surface area contributed by atoms with Crippen LogP contribution in [0, 0.1) is 0 Å². The number of thioether (sulfide) groups is 1. The Morgan fingerprint density at radius 3 is 3.12 bits per heavy atom. The third-order valence-electron chi connectivity index (χ3n) is 2.95. The highest BCUT2D eigenvalue weighted by molar-refractivity contribution is 7.99. The number of amides is 1. The summed E-state index contributed by atoms with van der Waals surface area (Å²) in [4.78, 5) is 25.2. The molecule has 1 fully saturated rings. The Labute approximate surface area is 101 Å². The van der Waals surface area contributed by atoms with E-state index >= 15 is 0 Å². The average Bonchev–Trinajstić information content (AvgIpc) is 2.34. The molecule has 0 spiro atoms. The van der Waals surface area contributed by atoms with Crippen molar-refractivity contribution in [1.82, 2.24) is 9.58 Å². The molecular weight excluding hydrogens is 242 g/mol. The lowest BCUT2D eigenvalue weighted by Crippen LogP contribution is -2.57. The molecule has 0 saturated carbocycles. The maximum Gasteiger partial charge on any atom is 0.278 e. The molecule has 90 valence electrons. The van der Waals surface area contributed by atoms with Crippen molar-refractivity contribution < 1.29 is 9.90 Å². The Balaban J connectivity index is 2.13. The van der Waals surface area contributed by atoms with Crippen LogP contribution in [0.4, 0.5) is 0 Å². The van der Waals surface area contributed by atoms with Gasteiger partial charge in [-0.05, 0) is 0 Å². The van der Waals surface area contributed by atoms with Crippen LogP contribution in [-0.2, 0) is 0 Å². The van der Waals surface area contributed by atoms with Crippen LogP contribution in [0.25, 0.3) is 0 Å². The summed E-state index contributed by atoms with van der Waals surface area (Å²) < 4.78 is 1.44. The van der Waals surface area contributed by atoms with E-state index in [-0.39, 0.29) is 17.8 Å². The highest BCUT2D eigenvalue weighted by Crippen LogP contribution is 2.24. The van der Waals surface area contributed by atoms with Gasteiger partial charge in [0.15, 0.2) is 11.4 Å². The predicted octanol–water partition coefficient (Wildman–Crippen LogP) is -0.374. The molecule has 17 heavy (non-hydrogen) atoms. The lowest BCUT2D eigenvalue weighted by Gasteiger charge is -2.41. The zero-order valence-electron chi connectivity index (χ0n) is 8.92. The third kappa shape index (κ3) is 1.49. The van der Waals surface area contributed by atoms with Gasteiger partial charge in [0, 0.05) is 30.3 Å². The maximum absolute atomic E-state index is 12.2. The first-order chi connectivity index (χ1) is 8.18. The van der Waals surface area contributed by atoms with Crippen LogP contribution in [0.3, 0.4) is 0 Å². The molecule has 3 rings (SSSR count). The fourth-order valence-corrected chi connectivity index (χ4v) is 3.06. The first kappa shape index (κ1) is 10.5. The van der Waals surface area contributed by atoms with Crippen LogP contribution >= 0.6 is 11.8 Å². The highest BCUT2D eigenvalue weighted by atomic mass is 32.2. The number of hydrogen-bond acceptors (Lipinski definition) is 5. The molecule has 2 aliphatic rings. The maximum atomic E-state index is 12.2. The van der Waals surface area contributed by atoms with Gasteiger partial charge >= 0.3 is 0 Å². The van der Waals surface area contributed by atoms with Gasteiger partial charge in [-0.25, -0.2) is 0 Å². The Hall–Kier alpha value is -1.63. The number of hydrogen-bond donors (Lipinski definition) is 2. The van der Waals surface area contributed by atoms with E-state index in [4.69, 9.17) is 0 Å². The van der Waals surface area contributed by atoms with Gasteiger partial charge in [0.25, 0.3) is 5.91 Å². The summed E-state index contributed by atoms with van der Waals surface area (Å²) in [6.07, 6.45) is 1.40. The van der Waals surface area contributed by atoms with Gasteiger partial charge in [0.2, 0.25) is 5.43 Å². The first-order valence-electron chi connectivity index (χ1n) is 5.28. The van der Waals surface area contributed by atoms with Crippen molar-refractivity contribution in [3.05, 3.63) is 28.2 Å². The van der Waals surface area contributed by atoms with E-state index in [1.54, 1.807) is 16.7 Å². The number of rotatable bonds is 0. The lowest BCUT2D eigenvalue weighted by molar-refractivity contribution is 0.0662. The van der Waals surface area contributed by atoms with Crippen molar-refractivity contribution >= 4 is 17.7 Å². The monoisotopic (exact) mass is 253 g/mol. The van der Waals surface area contributed by atoms with Crippen molar-refractivity contribution in [1.29, 1.82) is 0 Å². The van der Waals surface area contributed by atoms with Crippen LogP contribution in [0.15, 0.2) is 17.1 Å². The number of aromatic hydroxyl groups is 1. The van der Waals surface area contributed by atoms with Crippen molar-refractivity contribution in [2.45, 2.75) is 6.17 Å². The molecule has 2 aliphatic heterocycles. The summed E-state index contributed by atoms with van der Waals surface area (Å²) in [7, 11) is 0. The van der Waals surface area contributed by atoms with E-state index in [0.29, 0.717) is 6.54 Å². The predicted molar refractivity (Wildman–Crippen MR) is 63.9 cm³/mol. The van der Waals surface area contributed by atoms with Crippen LogP contribution < -0.4 is 10.9 Å². The topological polar surface area (TPSA) is 74.6 Å². The van der Waals surface area contributed by atoms with Gasteiger partial charge in [-0.1, -0.05) is 0 Å². The number of aromatic nitrogens is 1. The lowest BCUT2D eigenvalue weighted by atomic mass is 10.2. The molecule has 1 saturated heterocycles. The minimum Gasteiger partial charge on any atom is -0.502 e. The van der Waals surface area contributed by atoms with E-state index in [9.17, 15) is 14.7 Å². The summed E-state index contributed by atoms with van der Waals surface area (Å²) in [5.41, 5.74) is 2.60. The molecular formula is C10H11N3O3S. The summed E-state index contributed by atoms with van der Waals surface area (Å²) in [5.74, 6) is 0.908. The molecule has 6 nitrogen and oxygen atoms in total. The van der Waals surface area contributed by atoms with E-state index in [1.807, 2.05) is 0 Å². The summed E-state index contributed by atoms with van der Waals surface area (Å²) >= 11 is 1.77. The minimum atomic E-state index is -0.531. The van der Waals surface area contributed by atoms with Gasteiger partial charge in [-0.2, -0.15) is 11.8 Å². The largest absolute Gasteiger partial charge is 0.502 e. The number of carbonyl (C=O) groups is 1. The number of carbonyl (C=O) groups excluding carboxylic acids is 1. The second-order valence-corrected chi connectivity index (χ2v) is 5.12. The Morgan fingerprint density at radius 1 is 1.47 bits per heavy atom. The van der Waals surface area contributed by atoms with Gasteiger partial charge < -0.3 is 15.4 Å². The van der Waals surface area contributed by atoms with Crippen LogP contribution in [0.1, 0.15) is 10.5 Å². The Bertz CT molecular complexity index is 542. The standard InChI is InChI=1S/C10H11N3O3S/c14-6-1-2-13-8(9(6)15)10(16)12-3-4-17-5-7(12)11-13/h1-2,7,11,15H,3-5H2. The quantitative estimate of drug-likeness (QED) is 0.659. The second kappa shape index (κ2) is 3.69. The Morgan fingerprint density at radius 2 is 2.29 bits per heavy atom. The van der Waals surface area contributed by atoms with E-state index < -0.39 is 11.2 Å². The zero-order chi connectivity index (χ0) is 12.0. The van der Waals surface area contributed by atoms with Crippen molar-refractivity contribution in [3.63, 3.8) is 0 Å². The third-order valence-corrected chi connectivity index (χ3v) is 3.98.